The van der Waals surface area contributed by atoms with Crippen LogP contribution in [0.15, 0.2) is 29.0 Å². The van der Waals surface area contributed by atoms with E-state index < -0.39 is 5.60 Å². The summed E-state index contributed by atoms with van der Waals surface area (Å²) in [5.74, 6) is 0.520. The number of halogens is 1. The largest absolute Gasteiger partial charge is 0.444 e. The maximum absolute atomic E-state index is 12.3. The van der Waals surface area contributed by atoms with Gasteiger partial charge < -0.3 is 19.9 Å². The van der Waals surface area contributed by atoms with Crippen molar-refractivity contribution in [2.24, 2.45) is 7.05 Å². The third kappa shape index (κ3) is 4.79. The molecule has 1 amide bonds. The summed E-state index contributed by atoms with van der Waals surface area (Å²) in [6.07, 6.45) is 1.51. The van der Waals surface area contributed by atoms with Gasteiger partial charge in [0.05, 0.1) is 5.39 Å². The summed E-state index contributed by atoms with van der Waals surface area (Å²) in [5.41, 5.74) is 3.50. The fourth-order valence-electron chi connectivity index (χ4n) is 3.73. The average molecular weight is 502 g/mol. The molecule has 1 aliphatic rings. The third-order valence-electron chi connectivity index (χ3n) is 5.26. The Hall–Kier alpha value is -2.88. The molecule has 2 aromatic heterocycles. The van der Waals surface area contributed by atoms with Gasteiger partial charge in [0.1, 0.15) is 10.2 Å². The zero-order valence-electron chi connectivity index (χ0n) is 19.0. The van der Waals surface area contributed by atoms with Crippen molar-refractivity contribution in [1.82, 2.24) is 24.6 Å². The molecule has 1 aromatic carbocycles. The number of fused-ring (bicyclic) bond motifs is 1. The molecule has 0 bridgehead atoms. The number of hydrogen-bond donors (Lipinski definition) is 1. The van der Waals surface area contributed by atoms with Crippen molar-refractivity contribution in [3.8, 4) is 0 Å². The van der Waals surface area contributed by atoms with E-state index in [0.717, 1.165) is 45.7 Å². The van der Waals surface area contributed by atoms with Crippen molar-refractivity contribution in [2.75, 3.05) is 36.4 Å². The summed E-state index contributed by atoms with van der Waals surface area (Å²) in [4.78, 5) is 25.4. The van der Waals surface area contributed by atoms with E-state index in [4.69, 9.17) is 4.74 Å². The number of nitrogens with zero attached hydrogens (tertiary/aromatic N) is 6. The highest BCUT2D eigenvalue weighted by molar-refractivity contribution is 9.10. The minimum absolute atomic E-state index is 0.245. The molecule has 0 radical (unpaired) electrons. The van der Waals surface area contributed by atoms with Crippen LogP contribution in [-0.2, 0) is 11.8 Å². The summed E-state index contributed by atoms with van der Waals surface area (Å²) < 4.78 is 7.94. The van der Waals surface area contributed by atoms with Gasteiger partial charge in [-0.3, -0.25) is 0 Å². The summed E-state index contributed by atoms with van der Waals surface area (Å²) in [6.45, 7) is 10.6. The number of carbonyl (C=O) groups excluding carboxylic acids is 1. The number of ether oxygens (including phenoxy) is 1. The number of piperazine rings is 1. The van der Waals surface area contributed by atoms with Crippen molar-refractivity contribution in [2.45, 2.75) is 33.3 Å². The highest BCUT2D eigenvalue weighted by atomic mass is 79.9. The lowest BCUT2D eigenvalue weighted by atomic mass is 10.1. The number of benzene rings is 1. The SMILES string of the molecule is Cc1cc(Nc2ncc3c(Br)nn(C)c3n2)ccc1N1CCN(C(=O)OC(C)(C)C)CC1. The first-order valence-electron chi connectivity index (χ1n) is 10.6. The van der Waals surface area contributed by atoms with Crippen molar-refractivity contribution in [3.63, 3.8) is 0 Å². The maximum atomic E-state index is 12.3. The molecule has 170 valence electrons. The molecule has 4 rings (SSSR count). The second-order valence-electron chi connectivity index (χ2n) is 8.93. The van der Waals surface area contributed by atoms with Crippen LogP contribution >= 0.6 is 15.9 Å². The van der Waals surface area contributed by atoms with Crippen LogP contribution in [0.5, 0.6) is 0 Å². The van der Waals surface area contributed by atoms with Gasteiger partial charge in [0.2, 0.25) is 5.95 Å². The summed E-state index contributed by atoms with van der Waals surface area (Å²) >= 11 is 3.42. The van der Waals surface area contributed by atoms with Crippen LogP contribution in [-0.4, -0.2) is 62.5 Å². The lowest BCUT2D eigenvalue weighted by molar-refractivity contribution is 0.0240. The molecule has 1 fully saturated rings. The molecular formula is C22H28BrN7O2. The predicted octanol–water partition coefficient (Wildman–Crippen LogP) is 4.23. The number of hydrogen-bond acceptors (Lipinski definition) is 7. The smallest absolute Gasteiger partial charge is 0.410 e. The molecule has 0 aliphatic carbocycles. The van der Waals surface area contributed by atoms with Crippen LogP contribution in [0.4, 0.5) is 22.1 Å². The molecule has 3 aromatic rings. The summed E-state index contributed by atoms with van der Waals surface area (Å²) in [6, 6.07) is 6.21. The second-order valence-corrected chi connectivity index (χ2v) is 9.68. The zero-order chi connectivity index (χ0) is 23.0. The third-order valence-corrected chi connectivity index (χ3v) is 5.85. The minimum atomic E-state index is -0.477. The van der Waals surface area contributed by atoms with Crippen LogP contribution in [0.2, 0.25) is 0 Å². The van der Waals surface area contributed by atoms with Gasteiger partial charge in [-0.1, -0.05) is 0 Å². The molecule has 1 saturated heterocycles. The Bertz CT molecular complexity index is 1150. The van der Waals surface area contributed by atoms with Gasteiger partial charge in [0.25, 0.3) is 0 Å². The topological polar surface area (TPSA) is 88.4 Å². The van der Waals surface area contributed by atoms with E-state index in [-0.39, 0.29) is 6.09 Å². The molecule has 3 heterocycles. The quantitative estimate of drug-likeness (QED) is 0.574. The molecule has 32 heavy (non-hydrogen) atoms. The number of carbonyl (C=O) groups is 1. The standard InChI is InChI=1S/C22H28BrN7O2/c1-14-12-15(25-20-24-13-16-18(23)27-28(5)19(16)26-20)6-7-17(14)29-8-10-30(11-9-29)21(31)32-22(2,3)4/h6-7,12-13H,8-11H2,1-5H3,(H,24,25,26). The van der Waals surface area contributed by atoms with Gasteiger partial charge in [0, 0.05) is 50.8 Å². The molecular weight excluding hydrogens is 474 g/mol. The van der Waals surface area contributed by atoms with E-state index >= 15 is 0 Å². The molecule has 10 heteroatoms. The monoisotopic (exact) mass is 501 g/mol. The minimum Gasteiger partial charge on any atom is -0.444 e. The average Bonchev–Trinajstić information content (AvgIpc) is 3.00. The molecule has 0 spiro atoms. The highest BCUT2D eigenvalue weighted by Gasteiger charge is 2.26. The van der Waals surface area contributed by atoms with Crippen molar-refractivity contribution in [1.29, 1.82) is 0 Å². The summed E-state index contributed by atoms with van der Waals surface area (Å²) in [7, 11) is 1.85. The van der Waals surface area contributed by atoms with E-state index in [9.17, 15) is 4.79 Å². The normalized spacial score (nSPS) is 14.7. The Kier molecular flexibility index (Phi) is 5.98. The highest BCUT2D eigenvalue weighted by Crippen LogP contribution is 2.27. The van der Waals surface area contributed by atoms with Crippen LogP contribution in [0, 0.1) is 6.92 Å². The Labute approximate surface area is 195 Å². The van der Waals surface area contributed by atoms with Gasteiger partial charge >= 0.3 is 6.09 Å². The zero-order valence-corrected chi connectivity index (χ0v) is 20.6. The Morgan fingerprint density at radius 3 is 2.56 bits per heavy atom. The van der Waals surface area contributed by atoms with Gasteiger partial charge in [-0.15, -0.1) is 0 Å². The Balaban J connectivity index is 1.42. The number of aryl methyl sites for hydroxylation is 2. The van der Waals surface area contributed by atoms with Crippen molar-refractivity contribution < 1.29 is 9.53 Å². The lowest BCUT2D eigenvalue weighted by Gasteiger charge is -2.37. The Morgan fingerprint density at radius 1 is 1.19 bits per heavy atom. The first kappa shape index (κ1) is 22.3. The molecule has 9 nitrogen and oxygen atoms in total. The predicted molar refractivity (Wildman–Crippen MR) is 128 cm³/mol. The van der Waals surface area contributed by atoms with E-state index in [1.54, 1.807) is 15.8 Å². The number of amides is 1. The second kappa shape index (κ2) is 8.57. The fourth-order valence-corrected chi connectivity index (χ4v) is 4.25. The number of rotatable bonds is 3. The summed E-state index contributed by atoms with van der Waals surface area (Å²) in [5, 5.41) is 8.47. The van der Waals surface area contributed by atoms with Crippen LogP contribution in [0.1, 0.15) is 26.3 Å². The molecule has 1 aliphatic heterocycles. The number of aromatic nitrogens is 4. The van der Waals surface area contributed by atoms with Crippen LogP contribution in [0.3, 0.4) is 0 Å². The first-order chi connectivity index (χ1) is 15.1. The van der Waals surface area contributed by atoms with Crippen LogP contribution < -0.4 is 10.2 Å². The van der Waals surface area contributed by atoms with Crippen molar-refractivity contribution >= 4 is 50.4 Å². The molecule has 0 atom stereocenters. The molecule has 0 saturated carbocycles. The Morgan fingerprint density at radius 2 is 1.91 bits per heavy atom. The first-order valence-corrected chi connectivity index (χ1v) is 11.4. The number of nitrogens with one attached hydrogen (secondary N) is 1. The van der Waals surface area contributed by atoms with E-state index in [2.05, 4.69) is 60.3 Å². The van der Waals surface area contributed by atoms with E-state index in [1.165, 1.54) is 0 Å². The van der Waals surface area contributed by atoms with E-state index in [1.807, 2.05) is 33.9 Å². The fraction of sp³-hybridized carbons (Fsp3) is 0.455. The lowest BCUT2D eigenvalue weighted by Crippen LogP contribution is -2.50. The van der Waals surface area contributed by atoms with E-state index in [0.29, 0.717) is 19.0 Å². The van der Waals surface area contributed by atoms with Crippen molar-refractivity contribution in [3.05, 3.63) is 34.6 Å². The van der Waals surface area contributed by atoms with Gasteiger partial charge in [0.15, 0.2) is 5.65 Å². The molecule has 1 N–H and O–H groups in total. The van der Waals surface area contributed by atoms with Gasteiger partial charge in [-0.05, 0) is 67.4 Å². The van der Waals surface area contributed by atoms with Gasteiger partial charge in [-0.25, -0.2) is 14.5 Å². The number of anilines is 3. The van der Waals surface area contributed by atoms with Crippen LogP contribution in [0.25, 0.3) is 11.0 Å². The van der Waals surface area contributed by atoms with Gasteiger partial charge in [-0.2, -0.15) is 10.1 Å². The molecule has 0 unspecified atom stereocenters. The maximum Gasteiger partial charge on any atom is 0.410 e.